The Hall–Kier alpha value is -1.12. The first-order chi connectivity index (χ1) is 7.51. The molecule has 0 radical (unpaired) electrons. The number of hydrogen-bond acceptors (Lipinski definition) is 5. The van der Waals surface area contributed by atoms with E-state index in [4.69, 9.17) is 10.8 Å². The van der Waals surface area contributed by atoms with Gasteiger partial charge in [-0.3, -0.25) is 4.68 Å². The second kappa shape index (κ2) is 5.28. The van der Waals surface area contributed by atoms with Crippen molar-refractivity contribution in [2.75, 3.05) is 18.9 Å². The molecule has 0 amide bonds. The van der Waals surface area contributed by atoms with Gasteiger partial charge in [0.25, 0.3) is 0 Å². The largest absolute Gasteiger partial charge is 0.396 e. The summed E-state index contributed by atoms with van der Waals surface area (Å²) in [7, 11) is -3.62. The summed E-state index contributed by atoms with van der Waals surface area (Å²) in [4.78, 5) is -0.0210. The second-order valence-electron chi connectivity index (χ2n) is 3.21. The van der Waals surface area contributed by atoms with Crippen LogP contribution in [0.3, 0.4) is 0 Å². The highest BCUT2D eigenvalue weighted by Crippen LogP contribution is 2.15. The minimum atomic E-state index is -3.62. The number of nitrogens with one attached hydrogen (secondary N) is 1. The number of aliphatic hydroxyl groups excluding tert-OH is 1. The summed E-state index contributed by atoms with van der Waals surface area (Å²) >= 11 is 0. The summed E-state index contributed by atoms with van der Waals surface area (Å²) in [5.41, 5.74) is 5.51. The molecule has 0 saturated carbocycles. The number of aromatic nitrogens is 2. The number of rotatable bonds is 6. The molecule has 16 heavy (non-hydrogen) atoms. The molecule has 4 N–H and O–H groups in total. The molecule has 0 aromatic carbocycles. The average molecular weight is 248 g/mol. The first-order valence-corrected chi connectivity index (χ1v) is 6.43. The van der Waals surface area contributed by atoms with E-state index in [-0.39, 0.29) is 23.9 Å². The van der Waals surface area contributed by atoms with Crippen molar-refractivity contribution < 1.29 is 13.5 Å². The zero-order valence-corrected chi connectivity index (χ0v) is 9.87. The van der Waals surface area contributed by atoms with E-state index in [1.807, 2.05) is 6.92 Å². The van der Waals surface area contributed by atoms with Gasteiger partial charge in [0.15, 0.2) is 5.82 Å². The summed E-state index contributed by atoms with van der Waals surface area (Å²) in [6, 6.07) is 0. The standard InChI is InChI=1S/C8H16N4O3S/c1-2-12-6-7(8(9)11-12)16(14,15)10-4-3-5-13/h6,10,13H,2-5H2,1H3,(H2,9,11). The quantitative estimate of drug-likeness (QED) is 0.568. The van der Waals surface area contributed by atoms with Crippen LogP contribution in [0.5, 0.6) is 0 Å². The molecule has 0 fully saturated rings. The fourth-order valence-corrected chi connectivity index (χ4v) is 2.30. The number of anilines is 1. The number of hydrogen-bond donors (Lipinski definition) is 3. The predicted molar refractivity (Wildman–Crippen MR) is 59.2 cm³/mol. The molecule has 92 valence electrons. The lowest BCUT2D eigenvalue weighted by Gasteiger charge is -2.03. The van der Waals surface area contributed by atoms with Gasteiger partial charge in [0.05, 0.1) is 0 Å². The topological polar surface area (TPSA) is 110 Å². The molecule has 7 nitrogen and oxygen atoms in total. The van der Waals surface area contributed by atoms with Crippen molar-refractivity contribution in [3.63, 3.8) is 0 Å². The van der Waals surface area contributed by atoms with Crippen molar-refractivity contribution in [3.8, 4) is 0 Å². The molecule has 0 aliphatic rings. The predicted octanol–water partition coefficient (Wildman–Crippen LogP) is -0.854. The molecule has 0 saturated heterocycles. The highest BCUT2D eigenvalue weighted by molar-refractivity contribution is 7.89. The molecule has 0 bridgehead atoms. The molecule has 0 aliphatic carbocycles. The minimum Gasteiger partial charge on any atom is -0.396 e. The van der Waals surface area contributed by atoms with Crippen molar-refractivity contribution in [1.82, 2.24) is 14.5 Å². The maximum Gasteiger partial charge on any atom is 0.245 e. The third kappa shape index (κ3) is 2.94. The number of aryl methyl sites for hydroxylation is 1. The third-order valence-corrected chi connectivity index (χ3v) is 3.47. The van der Waals surface area contributed by atoms with Gasteiger partial charge in [0.2, 0.25) is 10.0 Å². The first-order valence-electron chi connectivity index (χ1n) is 4.94. The molecule has 0 aliphatic heterocycles. The Balaban J connectivity index is 2.85. The number of nitrogens with two attached hydrogens (primary N) is 1. The van der Waals surface area contributed by atoms with Crippen LogP contribution in [-0.4, -0.2) is 36.5 Å². The fourth-order valence-electron chi connectivity index (χ4n) is 1.15. The third-order valence-electron chi connectivity index (χ3n) is 2.00. The molecule has 1 aromatic rings. The average Bonchev–Trinajstić information content (AvgIpc) is 2.60. The number of aliphatic hydroxyl groups is 1. The van der Waals surface area contributed by atoms with E-state index in [0.717, 1.165) is 0 Å². The van der Waals surface area contributed by atoms with E-state index < -0.39 is 10.0 Å². The Kier molecular flexibility index (Phi) is 4.27. The Morgan fingerprint density at radius 3 is 2.81 bits per heavy atom. The van der Waals surface area contributed by atoms with Crippen molar-refractivity contribution in [3.05, 3.63) is 6.20 Å². The molecular formula is C8H16N4O3S. The summed E-state index contributed by atoms with van der Waals surface area (Å²) in [6.45, 7) is 2.50. The van der Waals surface area contributed by atoms with E-state index in [2.05, 4.69) is 9.82 Å². The lowest BCUT2D eigenvalue weighted by molar-refractivity contribution is 0.289. The van der Waals surface area contributed by atoms with Gasteiger partial charge < -0.3 is 10.8 Å². The monoisotopic (exact) mass is 248 g/mol. The smallest absolute Gasteiger partial charge is 0.245 e. The minimum absolute atomic E-state index is 0.0154. The van der Waals surface area contributed by atoms with Gasteiger partial charge in [-0.05, 0) is 13.3 Å². The normalized spacial score (nSPS) is 11.9. The summed E-state index contributed by atoms with van der Waals surface area (Å²) in [5, 5.41) is 12.4. The van der Waals surface area contributed by atoms with Crippen LogP contribution in [0, 0.1) is 0 Å². The van der Waals surface area contributed by atoms with Gasteiger partial charge in [-0.1, -0.05) is 0 Å². The van der Waals surface area contributed by atoms with Gasteiger partial charge in [-0.15, -0.1) is 0 Å². The van der Waals surface area contributed by atoms with Crippen LogP contribution in [0.4, 0.5) is 5.82 Å². The SMILES string of the molecule is CCn1cc(S(=O)(=O)NCCCO)c(N)n1. The van der Waals surface area contributed by atoms with Gasteiger partial charge >= 0.3 is 0 Å². The van der Waals surface area contributed by atoms with E-state index in [9.17, 15) is 8.42 Å². The molecule has 1 aromatic heterocycles. The van der Waals surface area contributed by atoms with Crippen molar-refractivity contribution in [2.24, 2.45) is 0 Å². The molecule has 8 heteroatoms. The van der Waals surface area contributed by atoms with Crippen LogP contribution in [0.2, 0.25) is 0 Å². The van der Waals surface area contributed by atoms with Crippen LogP contribution < -0.4 is 10.5 Å². The van der Waals surface area contributed by atoms with Crippen molar-refractivity contribution in [2.45, 2.75) is 24.8 Å². The van der Waals surface area contributed by atoms with E-state index in [0.29, 0.717) is 13.0 Å². The number of nitrogen functional groups attached to an aromatic ring is 1. The molecule has 1 heterocycles. The van der Waals surface area contributed by atoms with Crippen LogP contribution in [0.1, 0.15) is 13.3 Å². The lowest BCUT2D eigenvalue weighted by Crippen LogP contribution is -2.25. The maximum absolute atomic E-state index is 11.7. The summed E-state index contributed by atoms with van der Waals surface area (Å²) in [6.07, 6.45) is 1.75. The highest BCUT2D eigenvalue weighted by atomic mass is 32.2. The first kappa shape index (κ1) is 12.9. The molecule has 1 rings (SSSR count). The van der Waals surface area contributed by atoms with E-state index >= 15 is 0 Å². The molecular weight excluding hydrogens is 232 g/mol. The Labute approximate surface area is 94.3 Å². The van der Waals surface area contributed by atoms with Gasteiger partial charge in [0, 0.05) is 25.9 Å². The fraction of sp³-hybridized carbons (Fsp3) is 0.625. The van der Waals surface area contributed by atoms with Crippen molar-refractivity contribution >= 4 is 15.8 Å². The Bertz CT molecular complexity index is 440. The highest BCUT2D eigenvalue weighted by Gasteiger charge is 2.20. The Morgan fingerprint density at radius 2 is 2.31 bits per heavy atom. The number of sulfonamides is 1. The van der Waals surface area contributed by atoms with E-state index in [1.165, 1.54) is 10.9 Å². The summed E-state index contributed by atoms with van der Waals surface area (Å²) < 4.78 is 27.2. The van der Waals surface area contributed by atoms with Gasteiger partial charge in [-0.25, -0.2) is 13.1 Å². The van der Waals surface area contributed by atoms with Gasteiger partial charge in [0.1, 0.15) is 4.90 Å². The second-order valence-corrected chi connectivity index (χ2v) is 4.94. The van der Waals surface area contributed by atoms with Crippen LogP contribution >= 0.6 is 0 Å². The van der Waals surface area contributed by atoms with Crippen LogP contribution in [-0.2, 0) is 16.6 Å². The summed E-state index contributed by atoms with van der Waals surface area (Å²) in [5.74, 6) is -0.0154. The number of nitrogens with zero attached hydrogens (tertiary/aromatic N) is 2. The van der Waals surface area contributed by atoms with E-state index in [1.54, 1.807) is 0 Å². The molecule has 0 spiro atoms. The van der Waals surface area contributed by atoms with Gasteiger partial charge in [-0.2, -0.15) is 5.10 Å². The zero-order chi connectivity index (χ0) is 12.2. The molecule has 0 unspecified atom stereocenters. The lowest BCUT2D eigenvalue weighted by atomic mass is 10.5. The van der Waals surface area contributed by atoms with Crippen LogP contribution in [0.25, 0.3) is 0 Å². The van der Waals surface area contributed by atoms with Crippen LogP contribution in [0.15, 0.2) is 11.1 Å². The molecule has 0 atom stereocenters. The van der Waals surface area contributed by atoms with Crippen molar-refractivity contribution in [1.29, 1.82) is 0 Å². The Morgan fingerprint density at radius 1 is 1.62 bits per heavy atom. The maximum atomic E-state index is 11.7. The zero-order valence-electron chi connectivity index (χ0n) is 9.05.